The lowest BCUT2D eigenvalue weighted by Crippen LogP contribution is -2.26. The van der Waals surface area contributed by atoms with Crippen LogP contribution in [0.3, 0.4) is 0 Å². The quantitative estimate of drug-likeness (QED) is 0.849. The van der Waals surface area contributed by atoms with Crippen LogP contribution in [0, 0.1) is 11.8 Å². The predicted molar refractivity (Wildman–Crippen MR) is 80.1 cm³/mol. The zero-order valence-corrected chi connectivity index (χ0v) is 12.0. The van der Waals surface area contributed by atoms with Gasteiger partial charge in [-0.1, -0.05) is 38.0 Å². The van der Waals surface area contributed by atoms with Crippen LogP contribution in [0.25, 0.3) is 10.1 Å². The van der Waals surface area contributed by atoms with E-state index in [9.17, 15) is 0 Å². The number of fused-ring (bicyclic) bond motifs is 1. The molecule has 0 radical (unpaired) electrons. The number of benzene rings is 1. The highest BCUT2D eigenvalue weighted by Crippen LogP contribution is 2.42. The van der Waals surface area contributed by atoms with Crippen molar-refractivity contribution in [2.75, 3.05) is 7.05 Å². The molecule has 18 heavy (non-hydrogen) atoms. The first-order valence-corrected chi connectivity index (χ1v) is 7.82. The number of rotatable bonds is 3. The molecule has 1 aliphatic rings. The summed E-state index contributed by atoms with van der Waals surface area (Å²) in [6, 6.07) is 9.48. The van der Waals surface area contributed by atoms with Crippen LogP contribution in [0.5, 0.6) is 0 Å². The van der Waals surface area contributed by atoms with Gasteiger partial charge in [0.1, 0.15) is 0 Å². The van der Waals surface area contributed by atoms with Gasteiger partial charge in [-0.3, -0.25) is 0 Å². The molecule has 3 atom stereocenters. The van der Waals surface area contributed by atoms with Gasteiger partial charge < -0.3 is 5.32 Å². The van der Waals surface area contributed by atoms with Crippen LogP contribution in [-0.2, 0) is 0 Å². The average Bonchev–Trinajstić information content (AvgIpc) is 3.00. The maximum absolute atomic E-state index is 3.58. The molecule has 3 unspecified atom stereocenters. The molecule has 0 amide bonds. The first-order chi connectivity index (χ1) is 8.81. The molecule has 0 bridgehead atoms. The fourth-order valence-electron chi connectivity index (χ4n) is 3.53. The minimum atomic E-state index is 0.518. The second kappa shape index (κ2) is 5.02. The summed E-state index contributed by atoms with van der Waals surface area (Å²) in [4.78, 5) is 0. The average molecular weight is 259 g/mol. The Balaban J connectivity index is 2.03. The van der Waals surface area contributed by atoms with Gasteiger partial charge in [0.05, 0.1) is 0 Å². The van der Waals surface area contributed by atoms with Crippen molar-refractivity contribution in [2.24, 2.45) is 11.8 Å². The molecule has 1 heterocycles. The molecule has 1 nitrogen and oxygen atoms in total. The standard InChI is InChI=1S/C16H21NS/c1-11-5-3-7-13(11)15(17-2)14-8-4-6-12-9-10-18-16(12)14/h4,6,8-11,13,15,17H,3,5,7H2,1-2H3. The lowest BCUT2D eigenvalue weighted by atomic mass is 9.85. The van der Waals surface area contributed by atoms with Gasteiger partial charge in [-0.05, 0) is 47.7 Å². The number of hydrogen-bond acceptors (Lipinski definition) is 2. The van der Waals surface area contributed by atoms with Gasteiger partial charge in [0, 0.05) is 10.7 Å². The van der Waals surface area contributed by atoms with E-state index in [1.165, 1.54) is 34.9 Å². The molecule has 2 aromatic rings. The lowest BCUT2D eigenvalue weighted by Gasteiger charge is -2.27. The topological polar surface area (TPSA) is 12.0 Å². The van der Waals surface area contributed by atoms with Crippen molar-refractivity contribution >= 4 is 21.4 Å². The molecule has 1 aliphatic carbocycles. The molecule has 0 saturated heterocycles. The van der Waals surface area contributed by atoms with Gasteiger partial charge in [-0.15, -0.1) is 11.3 Å². The normalized spacial score (nSPS) is 25.7. The summed E-state index contributed by atoms with van der Waals surface area (Å²) in [6.07, 6.45) is 4.15. The van der Waals surface area contributed by atoms with Crippen molar-refractivity contribution in [2.45, 2.75) is 32.2 Å². The molecule has 2 heteroatoms. The Bertz CT molecular complexity index is 531. The minimum absolute atomic E-state index is 0.518. The Labute approximate surface area is 113 Å². The molecule has 1 aromatic heterocycles. The van der Waals surface area contributed by atoms with Crippen molar-refractivity contribution in [1.82, 2.24) is 5.32 Å². The van der Waals surface area contributed by atoms with E-state index in [2.05, 4.69) is 48.9 Å². The monoisotopic (exact) mass is 259 g/mol. The van der Waals surface area contributed by atoms with Gasteiger partial charge in [0.25, 0.3) is 0 Å². The minimum Gasteiger partial charge on any atom is -0.313 e. The Morgan fingerprint density at radius 3 is 2.89 bits per heavy atom. The third-order valence-electron chi connectivity index (χ3n) is 4.51. The molecular formula is C16H21NS. The second-order valence-electron chi connectivity index (χ2n) is 5.52. The van der Waals surface area contributed by atoms with Crippen molar-refractivity contribution in [3.05, 3.63) is 35.2 Å². The Kier molecular flexibility index (Phi) is 3.40. The largest absolute Gasteiger partial charge is 0.313 e. The third kappa shape index (κ3) is 1.98. The molecule has 0 spiro atoms. The van der Waals surface area contributed by atoms with E-state index >= 15 is 0 Å². The van der Waals surface area contributed by atoms with Crippen LogP contribution in [0.1, 0.15) is 37.8 Å². The van der Waals surface area contributed by atoms with E-state index in [0.29, 0.717) is 6.04 Å². The molecule has 1 aromatic carbocycles. The third-order valence-corrected chi connectivity index (χ3v) is 5.49. The first-order valence-electron chi connectivity index (χ1n) is 6.94. The van der Waals surface area contributed by atoms with E-state index in [0.717, 1.165) is 11.8 Å². The van der Waals surface area contributed by atoms with Crippen LogP contribution in [-0.4, -0.2) is 7.05 Å². The molecule has 1 fully saturated rings. The Morgan fingerprint density at radius 2 is 2.17 bits per heavy atom. The fraction of sp³-hybridized carbons (Fsp3) is 0.500. The summed E-state index contributed by atoms with van der Waals surface area (Å²) in [5, 5.41) is 7.18. The number of hydrogen-bond donors (Lipinski definition) is 1. The van der Waals surface area contributed by atoms with Crippen molar-refractivity contribution in [3.8, 4) is 0 Å². The maximum atomic E-state index is 3.58. The van der Waals surface area contributed by atoms with Crippen LogP contribution in [0.15, 0.2) is 29.6 Å². The van der Waals surface area contributed by atoms with E-state index in [4.69, 9.17) is 0 Å². The molecule has 3 rings (SSSR count). The van der Waals surface area contributed by atoms with Gasteiger partial charge >= 0.3 is 0 Å². The summed E-state index contributed by atoms with van der Waals surface area (Å²) in [5.41, 5.74) is 1.50. The van der Waals surface area contributed by atoms with Crippen molar-refractivity contribution < 1.29 is 0 Å². The van der Waals surface area contributed by atoms with Crippen LogP contribution < -0.4 is 5.32 Å². The Hall–Kier alpha value is -0.860. The van der Waals surface area contributed by atoms with Crippen molar-refractivity contribution in [1.29, 1.82) is 0 Å². The number of thiophene rings is 1. The SMILES string of the molecule is CNC(c1cccc2ccsc12)C1CCCC1C. The smallest absolute Gasteiger partial charge is 0.0390 e. The summed E-state index contributed by atoms with van der Waals surface area (Å²) in [7, 11) is 2.11. The first kappa shape index (κ1) is 12.2. The Morgan fingerprint density at radius 1 is 1.28 bits per heavy atom. The van der Waals surface area contributed by atoms with E-state index in [-0.39, 0.29) is 0 Å². The molecular weight excluding hydrogens is 238 g/mol. The molecule has 1 saturated carbocycles. The summed E-state index contributed by atoms with van der Waals surface area (Å²) >= 11 is 1.88. The van der Waals surface area contributed by atoms with Crippen LogP contribution in [0.4, 0.5) is 0 Å². The molecule has 1 N–H and O–H groups in total. The predicted octanol–water partition coefficient (Wildman–Crippen LogP) is 4.60. The van der Waals surface area contributed by atoms with E-state index < -0.39 is 0 Å². The summed E-state index contributed by atoms with van der Waals surface area (Å²) in [6.45, 7) is 2.41. The zero-order chi connectivity index (χ0) is 12.5. The highest BCUT2D eigenvalue weighted by atomic mass is 32.1. The molecule has 96 valence electrons. The van der Waals surface area contributed by atoms with Crippen molar-refractivity contribution in [3.63, 3.8) is 0 Å². The van der Waals surface area contributed by atoms with E-state index in [1.807, 2.05) is 11.3 Å². The van der Waals surface area contributed by atoms with Gasteiger partial charge in [-0.25, -0.2) is 0 Å². The van der Waals surface area contributed by atoms with Gasteiger partial charge in [0.15, 0.2) is 0 Å². The van der Waals surface area contributed by atoms with E-state index in [1.54, 1.807) is 0 Å². The highest BCUT2D eigenvalue weighted by Gasteiger charge is 2.31. The maximum Gasteiger partial charge on any atom is 0.0390 e. The van der Waals surface area contributed by atoms with Crippen LogP contribution in [0.2, 0.25) is 0 Å². The van der Waals surface area contributed by atoms with Gasteiger partial charge in [-0.2, -0.15) is 0 Å². The fourth-order valence-corrected chi connectivity index (χ4v) is 4.48. The van der Waals surface area contributed by atoms with Gasteiger partial charge in [0.2, 0.25) is 0 Å². The summed E-state index contributed by atoms with van der Waals surface area (Å²) in [5.74, 6) is 1.64. The lowest BCUT2D eigenvalue weighted by molar-refractivity contribution is 0.317. The highest BCUT2D eigenvalue weighted by molar-refractivity contribution is 7.17. The zero-order valence-electron chi connectivity index (χ0n) is 11.1. The van der Waals surface area contributed by atoms with Crippen LogP contribution >= 0.6 is 11.3 Å². The number of nitrogens with one attached hydrogen (secondary N) is 1. The molecule has 0 aliphatic heterocycles. The second-order valence-corrected chi connectivity index (χ2v) is 6.44. The summed E-state index contributed by atoms with van der Waals surface area (Å²) < 4.78 is 1.47.